The molecule has 3 heterocycles. The van der Waals surface area contributed by atoms with E-state index in [1.54, 1.807) is 0 Å². The van der Waals surface area contributed by atoms with Gasteiger partial charge in [-0.05, 0) is 42.9 Å². The number of carbonyl (C=O) groups excluding carboxylic acids is 1. The summed E-state index contributed by atoms with van der Waals surface area (Å²) in [6, 6.07) is 7.78. The number of aryl methyl sites for hydroxylation is 1. The molecule has 7 heteroatoms. The average Bonchev–Trinajstić information content (AvgIpc) is 3.28. The van der Waals surface area contributed by atoms with Gasteiger partial charge in [0.1, 0.15) is 10.4 Å². The summed E-state index contributed by atoms with van der Waals surface area (Å²) in [6.45, 7) is 3.48. The summed E-state index contributed by atoms with van der Waals surface area (Å²) in [5.41, 5.74) is 2.50. The second-order valence-corrected chi connectivity index (χ2v) is 7.16. The number of aromatic nitrogens is 3. The van der Waals surface area contributed by atoms with Crippen LogP contribution in [0.25, 0.3) is 11.1 Å². The summed E-state index contributed by atoms with van der Waals surface area (Å²) in [5, 5.41) is 4.12. The number of rotatable bonds is 4. The number of hydrogen-bond donors (Lipinski definition) is 0. The molecule has 0 saturated carbocycles. The van der Waals surface area contributed by atoms with E-state index in [1.165, 1.54) is 11.5 Å². The predicted octanol–water partition coefficient (Wildman–Crippen LogP) is 3.65. The smallest absolute Gasteiger partial charge is 0.267 e. The number of nitrogens with zero attached hydrogens (tertiary/aromatic N) is 4. The highest BCUT2D eigenvalue weighted by molar-refractivity contribution is 7.08. The highest BCUT2D eigenvalue weighted by Gasteiger charge is 2.30. The van der Waals surface area contributed by atoms with Gasteiger partial charge in [-0.25, -0.2) is 4.98 Å². The molecule has 4 rings (SSSR count). The number of likely N-dealkylation sites (tertiary alicyclic amines) is 1. The maximum atomic E-state index is 12.9. The molecule has 1 saturated heterocycles. The van der Waals surface area contributed by atoms with Crippen LogP contribution in [0.15, 0.2) is 28.7 Å². The fourth-order valence-electron chi connectivity index (χ4n) is 3.34. The van der Waals surface area contributed by atoms with Crippen molar-refractivity contribution in [3.63, 3.8) is 0 Å². The number of piperidine rings is 1. The Hall–Kier alpha value is -2.28. The van der Waals surface area contributed by atoms with Crippen LogP contribution in [0.3, 0.4) is 0 Å². The van der Waals surface area contributed by atoms with Crippen LogP contribution < -0.4 is 0 Å². The molecule has 6 nitrogen and oxygen atoms in total. The second kappa shape index (κ2) is 6.92. The topological polar surface area (TPSA) is 72.1 Å². The van der Waals surface area contributed by atoms with Crippen molar-refractivity contribution >= 4 is 28.5 Å². The van der Waals surface area contributed by atoms with Crippen LogP contribution in [0.1, 0.15) is 53.4 Å². The number of para-hydroxylation sites is 2. The van der Waals surface area contributed by atoms with Crippen molar-refractivity contribution in [3.05, 3.63) is 40.7 Å². The molecule has 1 amide bonds. The molecule has 0 bridgehead atoms. The molecular weight excluding hydrogens is 336 g/mol. The molecular formula is C18H20N4O2S. The highest BCUT2D eigenvalue weighted by Crippen LogP contribution is 2.30. The number of oxazole rings is 1. The lowest BCUT2D eigenvalue weighted by molar-refractivity contribution is 0.0702. The van der Waals surface area contributed by atoms with E-state index in [0.717, 1.165) is 54.9 Å². The molecule has 1 aliphatic rings. The minimum absolute atomic E-state index is 0.0410. The zero-order chi connectivity index (χ0) is 17.2. The van der Waals surface area contributed by atoms with Gasteiger partial charge in [-0.3, -0.25) is 4.79 Å². The molecule has 0 spiro atoms. The van der Waals surface area contributed by atoms with E-state index in [-0.39, 0.29) is 11.8 Å². The van der Waals surface area contributed by atoms with Gasteiger partial charge in [0.25, 0.3) is 5.91 Å². The maximum absolute atomic E-state index is 12.9. The van der Waals surface area contributed by atoms with Crippen LogP contribution in [0, 0.1) is 0 Å². The Kier molecular flexibility index (Phi) is 4.48. The van der Waals surface area contributed by atoms with Crippen molar-refractivity contribution in [2.24, 2.45) is 0 Å². The van der Waals surface area contributed by atoms with Crippen molar-refractivity contribution in [2.75, 3.05) is 13.1 Å². The van der Waals surface area contributed by atoms with Gasteiger partial charge in [0, 0.05) is 13.1 Å². The molecule has 25 heavy (non-hydrogen) atoms. The van der Waals surface area contributed by atoms with Crippen LogP contribution in [0.5, 0.6) is 0 Å². The first-order valence-corrected chi connectivity index (χ1v) is 9.49. The van der Waals surface area contributed by atoms with E-state index >= 15 is 0 Å². The van der Waals surface area contributed by atoms with Gasteiger partial charge in [0.15, 0.2) is 11.5 Å². The van der Waals surface area contributed by atoms with Crippen LogP contribution >= 0.6 is 11.5 Å². The third-order valence-electron chi connectivity index (χ3n) is 4.61. The number of amides is 1. The van der Waals surface area contributed by atoms with Crippen LogP contribution in [0.2, 0.25) is 0 Å². The van der Waals surface area contributed by atoms with Gasteiger partial charge in [0.2, 0.25) is 0 Å². The second-order valence-electron chi connectivity index (χ2n) is 6.41. The molecule has 2 aromatic heterocycles. The number of carbonyl (C=O) groups is 1. The van der Waals surface area contributed by atoms with Gasteiger partial charge in [0.05, 0.1) is 11.6 Å². The molecule has 1 fully saturated rings. The average molecular weight is 356 g/mol. The molecule has 0 N–H and O–H groups in total. The Balaban J connectivity index is 1.54. The van der Waals surface area contributed by atoms with E-state index in [1.807, 2.05) is 29.2 Å². The molecule has 130 valence electrons. The first-order chi connectivity index (χ1) is 12.3. The Morgan fingerprint density at radius 2 is 2.28 bits per heavy atom. The Morgan fingerprint density at radius 3 is 3.12 bits per heavy atom. The fourth-order valence-corrected chi connectivity index (χ4v) is 4.02. The van der Waals surface area contributed by atoms with Crippen molar-refractivity contribution in [3.8, 4) is 0 Å². The Labute approximate surface area is 150 Å². The highest BCUT2D eigenvalue weighted by atomic mass is 32.1. The van der Waals surface area contributed by atoms with Crippen LogP contribution in [-0.4, -0.2) is 38.5 Å². The van der Waals surface area contributed by atoms with E-state index in [2.05, 4.69) is 21.5 Å². The molecule has 3 aromatic rings. The van der Waals surface area contributed by atoms with Gasteiger partial charge < -0.3 is 9.32 Å². The van der Waals surface area contributed by atoms with Gasteiger partial charge in [-0.1, -0.05) is 30.0 Å². The van der Waals surface area contributed by atoms with Crippen molar-refractivity contribution in [1.29, 1.82) is 0 Å². The van der Waals surface area contributed by atoms with Crippen molar-refractivity contribution in [2.45, 2.75) is 38.5 Å². The third-order valence-corrected chi connectivity index (χ3v) is 5.36. The lowest BCUT2D eigenvalue weighted by Gasteiger charge is -2.31. The van der Waals surface area contributed by atoms with E-state index in [0.29, 0.717) is 11.4 Å². The third kappa shape index (κ3) is 3.16. The molecule has 0 unspecified atom stereocenters. The number of hydrogen-bond acceptors (Lipinski definition) is 6. The zero-order valence-electron chi connectivity index (χ0n) is 14.1. The lowest BCUT2D eigenvalue weighted by atomic mass is 9.97. The summed E-state index contributed by atoms with van der Waals surface area (Å²) in [5.74, 6) is 0.912. The Morgan fingerprint density at radius 1 is 1.40 bits per heavy atom. The molecule has 1 aliphatic heterocycles. The molecule has 0 radical (unpaired) electrons. The summed E-state index contributed by atoms with van der Waals surface area (Å²) in [6.07, 6.45) is 3.68. The summed E-state index contributed by atoms with van der Waals surface area (Å²) < 4.78 is 9.89. The summed E-state index contributed by atoms with van der Waals surface area (Å²) >= 11 is 1.20. The zero-order valence-corrected chi connectivity index (χ0v) is 15.0. The van der Waals surface area contributed by atoms with E-state index in [9.17, 15) is 4.79 Å². The standard InChI is InChI=1S/C18H20N4O2S/c1-2-6-14-16(25-21-20-14)18(23)22-10-5-7-12(11-22)17-19-13-8-3-4-9-15(13)24-17/h3-4,8-9,12H,2,5-7,10-11H2,1H3/t12-/m1/s1. The fraction of sp³-hybridized carbons (Fsp3) is 0.444. The summed E-state index contributed by atoms with van der Waals surface area (Å²) in [7, 11) is 0. The number of benzene rings is 1. The molecule has 1 aromatic carbocycles. The summed E-state index contributed by atoms with van der Waals surface area (Å²) in [4.78, 5) is 20.1. The monoisotopic (exact) mass is 356 g/mol. The van der Waals surface area contributed by atoms with Crippen molar-refractivity contribution in [1.82, 2.24) is 19.5 Å². The van der Waals surface area contributed by atoms with Crippen LogP contribution in [0.4, 0.5) is 0 Å². The quantitative estimate of drug-likeness (QED) is 0.713. The van der Waals surface area contributed by atoms with Gasteiger partial charge in [-0.2, -0.15) is 0 Å². The largest absolute Gasteiger partial charge is 0.440 e. The van der Waals surface area contributed by atoms with Gasteiger partial charge in [-0.15, -0.1) is 5.10 Å². The maximum Gasteiger partial charge on any atom is 0.267 e. The van der Waals surface area contributed by atoms with Crippen LogP contribution in [-0.2, 0) is 6.42 Å². The first kappa shape index (κ1) is 16.2. The predicted molar refractivity (Wildman–Crippen MR) is 95.8 cm³/mol. The molecule has 1 atom stereocenters. The van der Waals surface area contributed by atoms with E-state index in [4.69, 9.17) is 4.42 Å². The van der Waals surface area contributed by atoms with Crippen molar-refractivity contribution < 1.29 is 9.21 Å². The molecule has 0 aliphatic carbocycles. The first-order valence-electron chi connectivity index (χ1n) is 8.72. The normalized spacial score (nSPS) is 18.0. The SMILES string of the molecule is CCCc1nnsc1C(=O)N1CCC[C@@H](c2nc3ccccc3o2)C1. The number of fused-ring (bicyclic) bond motifs is 1. The minimum atomic E-state index is 0.0410. The minimum Gasteiger partial charge on any atom is -0.440 e. The van der Waals surface area contributed by atoms with Gasteiger partial charge >= 0.3 is 0 Å². The van der Waals surface area contributed by atoms with E-state index < -0.39 is 0 Å². The Bertz CT molecular complexity index is 855. The lowest BCUT2D eigenvalue weighted by Crippen LogP contribution is -2.39.